The zero-order valence-electron chi connectivity index (χ0n) is 34.6. The normalized spacial score (nSPS) is 13.1. The van der Waals surface area contributed by atoms with Crippen molar-refractivity contribution < 1.29 is 8.83 Å². The molecule has 1 spiro atoms. The van der Waals surface area contributed by atoms with Crippen molar-refractivity contribution in [3.8, 4) is 44.5 Å². The van der Waals surface area contributed by atoms with Crippen molar-refractivity contribution in [2.24, 2.45) is 0 Å². The summed E-state index contributed by atoms with van der Waals surface area (Å²) in [6.45, 7) is 0. The average Bonchev–Trinajstić information content (AvgIpc) is 4.09. The van der Waals surface area contributed by atoms with Crippen LogP contribution >= 0.6 is 0 Å². The third-order valence-corrected chi connectivity index (χ3v) is 13.9. The molecule has 0 fully saturated rings. The van der Waals surface area contributed by atoms with Gasteiger partial charge in [-0.05, 0) is 116 Å². The topological polar surface area (TPSA) is 29.5 Å². The molecule has 0 saturated carbocycles. The maximum atomic E-state index is 6.88. The number of nitrogens with zero attached hydrogens (tertiary/aromatic N) is 1. The van der Waals surface area contributed by atoms with Crippen LogP contribution in [0.2, 0.25) is 0 Å². The molecule has 2 aliphatic rings. The fourth-order valence-electron chi connectivity index (χ4n) is 11.3. The van der Waals surface area contributed by atoms with Gasteiger partial charge in [-0.3, -0.25) is 0 Å². The second kappa shape index (κ2) is 13.3. The minimum absolute atomic E-state index is 0.501. The van der Waals surface area contributed by atoms with Crippen molar-refractivity contribution in [3.05, 3.63) is 247 Å². The lowest BCUT2D eigenvalue weighted by Crippen LogP contribution is -2.25. The number of para-hydroxylation sites is 2. The summed E-state index contributed by atoms with van der Waals surface area (Å²) < 4.78 is 13.3. The van der Waals surface area contributed by atoms with Gasteiger partial charge in [-0.25, -0.2) is 0 Å². The van der Waals surface area contributed by atoms with Crippen LogP contribution in [0.3, 0.4) is 0 Å². The van der Waals surface area contributed by atoms with Gasteiger partial charge in [0.1, 0.15) is 22.3 Å². The Morgan fingerprint density at radius 1 is 0.297 bits per heavy atom. The standard InChI is InChI=1S/C61H37NO2/c1-2-14-38(15-3-1)39-26-30-41(31-27-39)62(43-34-35-47-46-18-7-12-24-54(46)63-56(47)36-43)42-32-28-40(29-33-42)58-59-48-19-6-11-23-52(48)61(50-21-9-4-16-44(50)45-17-5-10-22-51(45)61)53(59)37-57-60(58)49-20-8-13-25-55(49)64-57/h1-37H. The maximum absolute atomic E-state index is 6.88. The summed E-state index contributed by atoms with van der Waals surface area (Å²) in [4.78, 5) is 2.33. The van der Waals surface area contributed by atoms with E-state index in [0.717, 1.165) is 66.5 Å². The van der Waals surface area contributed by atoms with Gasteiger partial charge in [0.2, 0.25) is 0 Å². The third-order valence-electron chi connectivity index (χ3n) is 13.9. The van der Waals surface area contributed by atoms with Gasteiger partial charge in [-0.15, -0.1) is 0 Å². The first-order valence-electron chi connectivity index (χ1n) is 22.0. The highest BCUT2D eigenvalue weighted by Gasteiger charge is 2.52. The Bertz CT molecular complexity index is 3790. The summed E-state index contributed by atoms with van der Waals surface area (Å²) in [6.07, 6.45) is 0. The van der Waals surface area contributed by atoms with Crippen molar-refractivity contribution in [2.45, 2.75) is 5.41 Å². The molecule has 0 bridgehead atoms. The number of hydrogen-bond acceptors (Lipinski definition) is 3. The van der Waals surface area contributed by atoms with Crippen LogP contribution in [0.5, 0.6) is 0 Å². The Morgan fingerprint density at radius 3 is 1.47 bits per heavy atom. The summed E-state index contributed by atoms with van der Waals surface area (Å²) in [7, 11) is 0. The molecule has 3 nitrogen and oxygen atoms in total. The van der Waals surface area contributed by atoms with E-state index in [9.17, 15) is 0 Å². The Morgan fingerprint density at radius 2 is 0.781 bits per heavy atom. The smallest absolute Gasteiger partial charge is 0.137 e. The fourth-order valence-corrected chi connectivity index (χ4v) is 11.3. The Kier molecular flexibility index (Phi) is 7.32. The van der Waals surface area contributed by atoms with Gasteiger partial charge in [-0.2, -0.15) is 0 Å². The molecular weight excluding hydrogens is 779 g/mol. The molecule has 298 valence electrons. The van der Waals surface area contributed by atoms with E-state index in [0.29, 0.717) is 0 Å². The molecule has 2 aromatic heterocycles. The molecule has 0 N–H and O–H groups in total. The lowest BCUT2D eigenvalue weighted by Gasteiger charge is -2.30. The molecule has 0 atom stereocenters. The van der Waals surface area contributed by atoms with Crippen LogP contribution in [0.25, 0.3) is 88.4 Å². The van der Waals surface area contributed by atoms with Crippen LogP contribution in [-0.4, -0.2) is 0 Å². The van der Waals surface area contributed by atoms with Gasteiger partial charge in [0.05, 0.1) is 5.41 Å². The van der Waals surface area contributed by atoms with Gasteiger partial charge in [-0.1, -0.05) is 164 Å². The van der Waals surface area contributed by atoms with E-state index in [-0.39, 0.29) is 0 Å². The second-order valence-electron chi connectivity index (χ2n) is 17.1. The molecular formula is C61H37NO2. The van der Waals surface area contributed by atoms with Crippen molar-refractivity contribution in [3.63, 3.8) is 0 Å². The zero-order valence-corrected chi connectivity index (χ0v) is 34.6. The second-order valence-corrected chi connectivity index (χ2v) is 17.1. The van der Waals surface area contributed by atoms with Gasteiger partial charge in [0.15, 0.2) is 0 Å². The minimum atomic E-state index is -0.501. The highest BCUT2D eigenvalue weighted by molar-refractivity contribution is 6.18. The number of benzene rings is 10. The van der Waals surface area contributed by atoms with Crippen LogP contribution < -0.4 is 4.90 Å². The van der Waals surface area contributed by atoms with Crippen LogP contribution in [0.15, 0.2) is 233 Å². The van der Waals surface area contributed by atoms with E-state index in [1.54, 1.807) is 0 Å². The first-order chi connectivity index (χ1) is 31.7. The quantitative estimate of drug-likeness (QED) is 0.173. The lowest BCUT2D eigenvalue weighted by atomic mass is 9.70. The van der Waals surface area contributed by atoms with E-state index in [4.69, 9.17) is 8.83 Å². The number of hydrogen-bond donors (Lipinski definition) is 0. The van der Waals surface area contributed by atoms with Crippen molar-refractivity contribution >= 4 is 60.9 Å². The summed E-state index contributed by atoms with van der Waals surface area (Å²) in [6, 6.07) is 81.3. The molecule has 2 aliphatic carbocycles. The summed E-state index contributed by atoms with van der Waals surface area (Å²) in [5.74, 6) is 0. The van der Waals surface area contributed by atoms with Gasteiger partial charge in [0, 0.05) is 50.2 Å². The third kappa shape index (κ3) is 4.81. The van der Waals surface area contributed by atoms with Gasteiger partial charge >= 0.3 is 0 Å². The van der Waals surface area contributed by atoms with E-state index in [1.165, 1.54) is 61.2 Å². The largest absolute Gasteiger partial charge is 0.456 e. The molecule has 0 saturated heterocycles. The summed E-state index contributed by atoms with van der Waals surface area (Å²) in [5, 5.41) is 4.48. The molecule has 64 heavy (non-hydrogen) atoms. The van der Waals surface area contributed by atoms with E-state index in [2.05, 4.69) is 217 Å². The predicted molar refractivity (Wildman–Crippen MR) is 263 cm³/mol. The zero-order chi connectivity index (χ0) is 41.9. The Balaban J connectivity index is 0.999. The molecule has 0 unspecified atom stereocenters. The van der Waals surface area contributed by atoms with E-state index < -0.39 is 5.41 Å². The molecule has 12 aromatic rings. The van der Waals surface area contributed by atoms with Crippen molar-refractivity contribution in [2.75, 3.05) is 4.90 Å². The van der Waals surface area contributed by atoms with Crippen molar-refractivity contribution in [1.82, 2.24) is 0 Å². The minimum Gasteiger partial charge on any atom is -0.456 e. The first-order valence-corrected chi connectivity index (χ1v) is 22.0. The van der Waals surface area contributed by atoms with E-state index >= 15 is 0 Å². The number of furan rings is 2. The van der Waals surface area contributed by atoms with Crippen molar-refractivity contribution in [1.29, 1.82) is 0 Å². The average molecular weight is 816 g/mol. The lowest BCUT2D eigenvalue weighted by molar-refractivity contribution is 0.666. The molecule has 2 heterocycles. The van der Waals surface area contributed by atoms with Crippen LogP contribution in [-0.2, 0) is 5.41 Å². The fraction of sp³-hybridized carbons (Fsp3) is 0.0164. The monoisotopic (exact) mass is 815 g/mol. The number of rotatable bonds is 5. The Labute approximate surface area is 369 Å². The maximum Gasteiger partial charge on any atom is 0.137 e. The molecule has 0 amide bonds. The summed E-state index contributed by atoms with van der Waals surface area (Å²) in [5.41, 5.74) is 21.1. The van der Waals surface area contributed by atoms with E-state index in [1.807, 2.05) is 12.1 Å². The SMILES string of the molecule is c1ccc(-c2ccc(N(c3ccc(-c4c5c(cc6oc7ccccc7c46)C4(c6ccccc6-c6ccccc64)c4ccccc4-5)cc3)c3ccc4c(c3)oc3ccccc34)cc2)cc1. The molecule has 14 rings (SSSR count). The van der Waals surface area contributed by atoms with Crippen LogP contribution in [0, 0.1) is 0 Å². The number of anilines is 3. The van der Waals surface area contributed by atoms with Crippen LogP contribution in [0.4, 0.5) is 17.1 Å². The van der Waals surface area contributed by atoms with Crippen LogP contribution in [0.1, 0.15) is 22.3 Å². The summed E-state index contributed by atoms with van der Waals surface area (Å²) >= 11 is 0. The van der Waals surface area contributed by atoms with Gasteiger partial charge in [0.25, 0.3) is 0 Å². The first kappa shape index (κ1) is 35.2. The molecule has 0 aliphatic heterocycles. The molecule has 10 aromatic carbocycles. The predicted octanol–water partition coefficient (Wildman–Crippen LogP) is 16.6. The van der Waals surface area contributed by atoms with Gasteiger partial charge < -0.3 is 13.7 Å². The molecule has 0 radical (unpaired) electrons. The number of fused-ring (bicyclic) bond motifs is 16. The Hall–Kier alpha value is -8.40. The molecule has 3 heteroatoms. The highest BCUT2D eigenvalue weighted by atomic mass is 16.3. The highest BCUT2D eigenvalue weighted by Crippen LogP contribution is 2.65.